The lowest BCUT2D eigenvalue weighted by atomic mass is 10.1. The van der Waals surface area contributed by atoms with E-state index in [4.69, 9.17) is 9.16 Å². The minimum absolute atomic E-state index is 0.376. The van der Waals surface area contributed by atoms with Crippen molar-refractivity contribution < 1.29 is 14.3 Å². The second-order valence-electron chi connectivity index (χ2n) is 8.36. The molecule has 3 nitrogen and oxygen atoms in total. The van der Waals surface area contributed by atoms with Crippen LogP contribution in [-0.2, 0) is 9.16 Å². The number of hydrogen-bond donors (Lipinski definition) is 2. The quantitative estimate of drug-likeness (QED) is 0.288. The summed E-state index contributed by atoms with van der Waals surface area (Å²) in [6, 6.07) is 1.38. The van der Waals surface area contributed by atoms with Crippen molar-refractivity contribution in [2.45, 2.75) is 83.2 Å². The summed E-state index contributed by atoms with van der Waals surface area (Å²) in [5.74, 6) is 0.456. The summed E-state index contributed by atoms with van der Waals surface area (Å²) in [5, 5.41) is 9.39. The molecule has 6 heteroatoms. The van der Waals surface area contributed by atoms with E-state index in [1.54, 1.807) is 0 Å². The first kappa shape index (κ1) is 22.7. The van der Waals surface area contributed by atoms with Gasteiger partial charge in [0.15, 0.2) is 8.32 Å². The highest BCUT2D eigenvalue weighted by molar-refractivity contribution is 7.80. The fourth-order valence-corrected chi connectivity index (χ4v) is 4.91. The van der Waals surface area contributed by atoms with Crippen molar-refractivity contribution in [2.24, 2.45) is 0 Å². The average molecular weight is 367 g/mol. The molecule has 2 atom stereocenters. The average Bonchev–Trinajstić information content (AvgIpc) is 2.34. The van der Waals surface area contributed by atoms with Crippen LogP contribution in [-0.4, -0.2) is 52.7 Å². The maximum Gasteiger partial charge on any atom is 0.184 e. The van der Waals surface area contributed by atoms with Crippen molar-refractivity contribution in [1.82, 2.24) is 0 Å². The van der Waals surface area contributed by atoms with Crippen LogP contribution in [0.5, 0.6) is 0 Å². The molecule has 0 radical (unpaired) electrons. The fraction of sp³-hybridized carbons (Fsp3) is 1.00. The zero-order valence-corrected chi connectivity index (χ0v) is 18.4. The molecule has 0 aliphatic carbocycles. The van der Waals surface area contributed by atoms with E-state index in [9.17, 15) is 5.11 Å². The van der Waals surface area contributed by atoms with E-state index in [1.165, 1.54) is 18.9 Å². The Kier molecular flexibility index (Phi) is 11.6. The summed E-state index contributed by atoms with van der Waals surface area (Å²) in [5.41, 5.74) is 0. The summed E-state index contributed by atoms with van der Waals surface area (Å²) >= 11 is 4.04. The molecule has 0 saturated carbocycles. The molecule has 0 aromatic rings. The van der Waals surface area contributed by atoms with Crippen LogP contribution < -0.4 is 0 Å². The molecule has 1 N–H and O–H groups in total. The maximum absolute atomic E-state index is 9.39. The first-order valence-electron chi connectivity index (χ1n) is 8.58. The zero-order valence-electron chi connectivity index (χ0n) is 15.5. The zero-order chi connectivity index (χ0) is 17.2. The van der Waals surface area contributed by atoms with Crippen molar-refractivity contribution >= 4 is 29.0 Å². The number of ether oxygens (including phenoxy) is 1. The van der Waals surface area contributed by atoms with Gasteiger partial charge in [0.1, 0.15) is 0 Å². The lowest BCUT2D eigenvalue weighted by molar-refractivity contribution is 0.0424. The normalized spacial score (nSPS) is 15.8. The van der Waals surface area contributed by atoms with Crippen LogP contribution in [0.25, 0.3) is 0 Å². The summed E-state index contributed by atoms with van der Waals surface area (Å²) < 4.78 is 11.8. The van der Waals surface area contributed by atoms with E-state index in [0.29, 0.717) is 25.1 Å². The second-order valence-corrected chi connectivity index (χ2v) is 18.8. The molecule has 0 saturated heterocycles. The lowest BCUT2D eigenvalue weighted by Crippen LogP contribution is -2.32. The molecule has 2 unspecified atom stereocenters. The largest absolute Gasteiger partial charge is 0.415 e. The van der Waals surface area contributed by atoms with Crippen molar-refractivity contribution in [1.29, 1.82) is 0 Å². The molecule has 0 rings (SSSR count). The molecule has 0 aromatic carbocycles. The third-order valence-corrected chi connectivity index (χ3v) is 6.62. The van der Waals surface area contributed by atoms with E-state index in [0.717, 1.165) is 12.8 Å². The molecule has 0 amide bonds. The Morgan fingerprint density at radius 1 is 1.00 bits per heavy atom. The van der Waals surface area contributed by atoms with Crippen LogP contribution in [0.15, 0.2) is 0 Å². The Morgan fingerprint density at radius 2 is 1.59 bits per heavy atom. The van der Waals surface area contributed by atoms with Gasteiger partial charge in [-0.25, -0.2) is 0 Å². The van der Waals surface area contributed by atoms with Crippen molar-refractivity contribution in [3.8, 4) is 0 Å². The molecule has 0 aromatic heterocycles. The predicted octanol–water partition coefficient (Wildman–Crippen LogP) is 4.41. The third-order valence-electron chi connectivity index (χ3n) is 3.31. The Balaban J connectivity index is 4.03. The van der Waals surface area contributed by atoms with Gasteiger partial charge in [-0.3, -0.25) is 0 Å². The smallest absolute Gasteiger partial charge is 0.184 e. The SMILES string of the molecule is C[Si](C)(C)CCCC(CCCOCC(O)CS)O[Si](C)(C)C. The predicted molar refractivity (Wildman–Crippen MR) is 106 cm³/mol. The standard InChI is InChI=1S/C16H38O3SSi2/c1-21(2,3)12-8-10-16(19-22(4,5)6)9-7-11-18-13-15(17)14-20/h15-17,20H,7-14H2,1-6H3. The van der Waals surface area contributed by atoms with Gasteiger partial charge in [0.05, 0.1) is 12.7 Å². The van der Waals surface area contributed by atoms with E-state index < -0.39 is 22.5 Å². The van der Waals surface area contributed by atoms with Crippen LogP contribution in [0, 0.1) is 0 Å². The second kappa shape index (κ2) is 11.3. The molecular weight excluding hydrogens is 328 g/mol. The molecule has 0 bridgehead atoms. The van der Waals surface area contributed by atoms with Crippen LogP contribution in [0.2, 0.25) is 45.3 Å². The van der Waals surface area contributed by atoms with Gasteiger partial charge in [-0.15, -0.1) is 0 Å². The number of thiol groups is 1. The summed E-state index contributed by atoms with van der Waals surface area (Å²) in [6.45, 7) is 15.2. The van der Waals surface area contributed by atoms with Crippen LogP contribution in [0.3, 0.4) is 0 Å². The van der Waals surface area contributed by atoms with E-state index in [2.05, 4.69) is 51.9 Å². The van der Waals surface area contributed by atoms with Gasteiger partial charge in [0.25, 0.3) is 0 Å². The molecular formula is C16H38O3SSi2. The maximum atomic E-state index is 9.39. The highest BCUT2D eigenvalue weighted by Gasteiger charge is 2.22. The van der Waals surface area contributed by atoms with Gasteiger partial charge in [0, 0.05) is 26.5 Å². The minimum atomic E-state index is -1.49. The van der Waals surface area contributed by atoms with Gasteiger partial charge in [-0.1, -0.05) is 32.1 Å². The highest BCUT2D eigenvalue weighted by Crippen LogP contribution is 2.20. The number of aliphatic hydroxyl groups is 1. The van der Waals surface area contributed by atoms with Crippen LogP contribution in [0.1, 0.15) is 25.7 Å². The molecule has 0 fully saturated rings. The summed E-state index contributed by atoms with van der Waals surface area (Å²) in [7, 11) is -2.44. The highest BCUT2D eigenvalue weighted by atomic mass is 32.1. The van der Waals surface area contributed by atoms with Crippen molar-refractivity contribution in [3.63, 3.8) is 0 Å². The molecule has 0 aliphatic rings. The Labute approximate surface area is 145 Å². The van der Waals surface area contributed by atoms with Gasteiger partial charge in [-0.05, 0) is 38.9 Å². The molecule has 0 spiro atoms. The molecule has 134 valence electrons. The molecule has 0 aliphatic heterocycles. The number of aliphatic hydroxyl groups excluding tert-OH is 1. The van der Waals surface area contributed by atoms with Crippen LogP contribution in [0.4, 0.5) is 0 Å². The summed E-state index contributed by atoms with van der Waals surface area (Å²) in [6.07, 6.45) is 4.45. The Bertz CT molecular complexity index is 278. The Morgan fingerprint density at radius 3 is 2.09 bits per heavy atom. The van der Waals surface area contributed by atoms with Gasteiger partial charge < -0.3 is 14.3 Å². The van der Waals surface area contributed by atoms with E-state index in [1.807, 2.05) is 0 Å². The number of hydrogen-bond acceptors (Lipinski definition) is 4. The number of rotatable bonds is 13. The lowest BCUT2D eigenvalue weighted by Gasteiger charge is -2.27. The summed E-state index contributed by atoms with van der Waals surface area (Å²) in [4.78, 5) is 0. The van der Waals surface area contributed by atoms with Gasteiger partial charge >= 0.3 is 0 Å². The van der Waals surface area contributed by atoms with Crippen LogP contribution >= 0.6 is 12.6 Å². The van der Waals surface area contributed by atoms with E-state index in [-0.39, 0.29) is 0 Å². The molecule has 0 heterocycles. The van der Waals surface area contributed by atoms with Crippen molar-refractivity contribution in [2.75, 3.05) is 19.0 Å². The van der Waals surface area contributed by atoms with Gasteiger partial charge in [0.2, 0.25) is 0 Å². The Hall–Kier alpha value is 0.664. The van der Waals surface area contributed by atoms with E-state index >= 15 is 0 Å². The minimum Gasteiger partial charge on any atom is -0.415 e. The third kappa shape index (κ3) is 15.6. The first-order chi connectivity index (χ1) is 10.0. The fourth-order valence-electron chi connectivity index (χ4n) is 2.31. The monoisotopic (exact) mass is 366 g/mol. The van der Waals surface area contributed by atoms with Crippen molar-refractivity contribution in [3.05, 3.63) is 0 Å². The topological polar surface area (TPSA) is 38.7 Å². The molecule has 22 heavy (non-hydrogen) atoms. The van der Waals surface area contributed by atoms with Gasteiger partial charge in [-0.2, -0.15) is 12.6 Å². The first-order valence-corrected chi connectivity index (χ1v) is 16.3.